The molecule has 1 aliphatic carbocycles. The summed E-state index contributed by atoms with van der Waals surface area (Å²) in [6, 6.07) is 3.83. The molecule has 1 aromatic heterocycles. The highest BCUT2D eigenvalue weighted by atomic mass is 16.5. The molecule has 0 saturated heterocycles. The van der Waals surface area contributed by atoms with Gasteiger partial charge in [0, 0.05) is 12.7 Å². The molecule has 1 heterocycles. The van der Waals surface area contributed by atoms with Crippen LogP contribution in [0.3, 0.4) is 0 Å². The van der Waals surface area contributed by atoms with E-state index < -0.39 is 0 Å². The van der Waals surface area contributed by atoms with Crippen LogP contribution >= 0.6 is 0 Å². The molecule has 0 unspecified atom stereocenters. The number of aliphatic hydroxyl groups is 1. The van der Waals surface area contributed by atoms with Crippen molar-refractivity contribution in [2.75, 3.05) is 11.9 Å². The van der Waals surface area contributed by atoms with Crippen molar-refractivity contribution in [3.05, 3.63) is 18.3 Å². The van der Waals surface area contributed by atoms with Crippen LogP contribution in [-0.2, 0) is 0 Å². The number of anilines is 1. The zero-order valence-electron chi connectivity index (χ0n) is 11.8. The average Bonchev–Trinajstić information content (AvgIpc) is 2.39. The highest BCUT2D eigenvalue weighted by Gasteiger charge is 2.19. The lowest BCUT2D eigenvalue weighted by atomic mass is 9.87. The fraction of sp³-hybridized carbons (Fsp3) is 0.667. The van der Waals surface area contributed by atoms with Crippen molar-refractivity contribution in [3.8, 4) is 5.75 Å². The van der Waals surface area contributed by atoms with Crippen molar-refractivity contribution < 1.29 is 9.84 Å². The molecule has 0 atom stereocenters. The van der Waals surface area contributed by atoms with Gasteiger partial charge in [0.25, 0.3) is 0 Å². The molecule has 19 heavy (non-hydrogen) atoms. The standard InChI is InChI=1S/C15H24N2O2/c1-11(2)19-14-4-3-9-16-15(14)17-10-12-5-7-13(18)8-6-12/h3-4,9,11-13,18H,5-8,10H2,1-2H3,(H,16,17). The van der Waals surface area contributed by atoms with E-state index in [0.717, 1.165) is 43.8 Å². The van der Waals surface area contributed by atoms with Gasteiger partial charge in [-0.2, -0.15) is 0 Å². The summed E-state index contributed by atoms with van der Waals surface area (Å²) in [4.78, 5) is 4.35. The van der Waals surface area contributed by atoms with Crippen LogP contribution in [0.4, 0.5) is 5.82 Å². The van der Waals surface area contributed by atoms with Crippen molar-refractivity contribution in [1.29, 1.82) is 0 Å². The minimum Gasteiger partial charge on any atom is -0.487 e. The Morgan fingerprint density at radius 2 is 2.11 bits per heavy atom. The molecule has 1 aliphatic rings. The van der Waals surface area contributed by atoms with Gasteiger partial charge in [-0.05, 0) is 57.6 Å². The number of pyridine rings is 1. The summed E-state index contributed by atoms with van der Waals surface area (Å²) in [6.07, 6.45) is 5.84. The first kappa shape index (κ1) is 14.1. The SMILES string of the molecule is CC(C)Oc1cccnc1NCC1CCC(O)CC1. The Morgan fingerprint density at radius 1 is 1.37 bits per heavy atom. The predicted octanol–water partition coefficient (Wildman–Crippen LogP) is 2.83. The lowest BCUT2D eigenvalue weighted by Crippen LogP contribution is -2.24. The van der Waals surface area contributed by atoms with Crippen LogP contribution in [0.2, 0.25) is 0 Å². The van der Waals surface area contributed by atoms with Crippen molar-refractivity contribution in [2.24, 2.45) is 5.92 Å². The lowest BCUT2D eigenvalue weighted by molar-refractivity contribution is 0.111. The fourth-order valence-electron chi connectivity index (χ4n) is 2.46. The van der Waals surface area contributed by atoms with Crippen LogP contribution in [0.25, 0.3) is 0 Å². The maximum absolute atomic E-state index is 9.50. The number of nitrogens with one attached hydrogen (secondary N) is 1. The number of hydrogen-bond donors (Lipinski definition) is 2. The Morgan fingerprint density at radius 3 is 2.79 bits per heavy atom. The Labute approximate surface area is 115 Å². The van der Waals surface area contributed by atoms with Crippen molar-refractivity contribution in [2.45, 2.75) is 51.7 Å². The first-order chi connectivity index (χ1) is 9.15. The molecule has 1 aromatic rings. The van der Waals surface area contributed by atoms with E-state index >= 15 is 0 Å². The second-order valence-corrected chi connectivity index (χ2v) is 5.57. The van der Waals surface area contributed by atoms with Gasteiger partial charge in [-0.15, -0.1) is 0 Å². The summed E-state index contributed by atoms with van der Waals surface area (Å²) in [6.45, 7) is 4.93. The molecule has 0 spiro atoms. The molecule has 4 heteroatoms. The zero-order chi connectivity index (χ0) is 13.7. The monoisotopic (exact) mass is 264 g/mol. The van der Waals surface area contributed by atoms with Crippen LogP contribution in [0.1, 0.15) is 39.5 Å². The van der Waals surface area contributed by atoms with E-state index in [-0.39, 0.29) is 12.2 Å². The Bertz CT molecular complexity index is 387. The lowest BCUT2D eigenvalue weighted by Gasteiger charge is -2.26. The van der Waals surface area contributed by atoms with Gasteiger partial charge in [-0.3, -0.25) is 0 Å². The molecular formula is C15H24N2O2. The molecule has 106 valence electrons. The maximum atomic E-state index is 9.50. The molecule has 4 nitrogen and oxygen atoms in total. The normalized spacial score (nSPS) is 23.4. The first-order valence-electron chi connectivity index (χ1n) is 7.18. The second kappa shape index (κ2) is 6.75. The molecule has 2 rings (SSSR count). The summed E-state index contributed by atoms with van der Waals surface area (Å²) in [5.41, 5.74) is 0. The van der Waals surface area contributed by atoms with Gasteiger partial charge in [0.15, 0.2) is 11.6 Å². The van der Waals surface area contributed by atoms with E-state index in [1.54, 1.807) is 6.20 Å². The molecule has 2 N–H and O–H groups in total. The number of aliphatic hydroxyl groups excluding tert-OH is 1. The number of rotatable bonds is 5. The maximum Gasteiger partial charge on any atom is 0.168 e. The van der Waals surface area contributed by atoms with Gasteiger partial charge < -0.3 is 15.2 Å². The van der Waals surface area contributed by atoms with Crippen molar-refractivity contribution in [3.63, 3.8) is 0 Å². The second-order valence-electron chi connectivity index (χ2n) is 5.57. The van der Waals surface area contributed by atoms with Gasteiger partial charge in [0.1, 0.15) is 0 Å². The minimum atomic E-state index is -0.0917. The topological polar surface area (TPSA) is 54.4 Å². The van der Waals surface area contributed by atoms with Gasteiger partial charge in [-0.1, -0.05) is 0 Å². The summed E-state index contributed by atoms with van der Waals surface area (Å²) in [7, 11) is 0. The third kappa shape index (κ3) is 4.39. The van der Waals surface area contributed by atoms with Crippen LogP contribution in [-0.4, -0.2) is 28.8 Å². The number of aromatic nitrogens is 1. The number of hydrogen-bond acceptors (Lipinski definition) is 4. The van der Waals surface area contributed by atoms with E-state index in [0.29, 0.717) is 5.92 Å². The van der Waals surface area contributed by atoms with Gasteiger partial charge in [0.2, 0.25) is 0 Å². The zero-order valence-corrected chi connectivity index (χ0v) is 11.8. The summed E-state index contributed by atoms with van der Waals surface area (Å²) < 4.78 is 5.74. The molecule has 0 aliphatic heterocycles. The number of ether oxygens (including phenoxy) is 1. The van der Waals surface area contributed by atoms with Crippen molar-refractivity contribution >= 4 is 5.82 Å². The first-order valence-corrected chi connectivity index (χ1v) is 7.18. The van der Waals surface area contributed by atoms with E-state index in [2.05, 4.69) is 10.3 Å². The van der Waals surface area contributed by atoms with Crippen LogP contribution in [0.5, 0.6) is 5.75 Å². The molecule has 0 bridgehead atoms. The van der Waals surface area contributed by atoms with Gasteiger partial charge >= 0.3 is 0 Å². The average molecular weight is 264 g/mol. The third-order valence-corrected chi connectivity index (χ3v) is 3.51. The van der Waals surface area contributed by atoms with E-state index in [4.69, 9.17) is 4.74 Å². The largest absolute Gasteiger partial charge is 0.487 e. The van der Waals surface area contributed by atoms with Crippen LogP contribution in [0.15, 0.2) is 18.3 Å². The van der Waals surface area contributed by atoms with Gasteiger partial charge in [-0.25, -0.2) is 4.98 Å². The Hall–Kier alpha value is -1.29. The van der Waals surface area contributed by atoms with Crippen molar-refractivity contribution in [1.82, 2.24) is 4.98 Å². The predicted molar refractivity (Wildman–Crippen MR) is 76.5 cm³/mol. The molecule has 1 saturated carbocycles. The molecule has 0 aromatic carbocycles. The smallest absolute Gasteiger partial charge is 0.168 e. The van der Waals surface area contributed by atoms with Crippen LogP contribution in [0, 0.1) is 5.92 Å². The van der Waals surface area contributed by atoms with E-state index in [1.807, 2.05) is 26.0 Å². The highest BCUT2D eigenvalue weighted by molar-refractivity contribution is 5.49. The minimum absolute atomic E-state index is 0.0917. The van der Waals surface area contributed by atoms with Gasteiger partial charge in [0.05, 0.1) is 12.2 Å². The number of nitrogens with zero attached hydrogens (tertiary/aromatic N) is 1. The Kier molecular flexibility index (Phi) is 5.02. The fourth-order valence-corrected chi connectivity index (χ4v) is 2.46. The quantitative estimate of drug-likeness (QED) is 0.858. The summed E-state index contributed by atoms with van der Waals surface area (Å²) in [5.74, 6) is 2.26. The van der Waals surface area contributed by atoms with E-state index in [1.165, 1.54) is 0 Å². The Balaban J connectivity index is 1.88. The summed E-state index contributed by atoms with van der Waals surface area (Å²) in [5, 5.41) is 12.9. The summed E-state index contributed by atoms with van der Waals surface area (Å²) >= 11 is 0. The van der Waals surface area contributed by atoms with E-state index in [9.17, 15) is 5.11 Å². The molecule has 0 amide bonds. The molecule has 0 radical (unpaired) electrons. The van der Waals surface area contributed by atoms with Crippen LogP contribution < -0.4 is 10.1 Å². The third-order valence-electron chi connectivity index (χ3n) is 3.51. The highest BCUT2D eigenvalue weighted by Crippen LogP contribution is 2.26. The molecule has 1 fully saturated rings. The molecular weight excluding hydrogens is 240 g/mol.